The normalized spacial score (nSPS) is 13.7. The number of nitrogens with zero attached hydrogens (tertiary/aromatic N) is 6. The highest BCUT2D eigenvalue weighted by molar-refractivity contribution is 6.30. The number of aliphatic hydroxyl groups is 2. The zero-order valence-electron chi connectivity index (χ0n) is 18.6. The number of hydrogen-bond acceptors (Lipinski definition) is 6. The summed E-state index contributed by atoms with van der Waals surface area (Å²) in [7, 11) is 0. The van der Waals surface area contributed by atoms with Crippen LogP contribution in [-0.2, 0) is 13.1 Å². The van der Waals surface area contributed by atoms with Crippen LogP contribution in [0.15, 0.2) is 53.3 Å². The van der Waals surface area contributed by atoms with E-state index in [9.17, 15) is 32.6 Å². The van der Waals surface area contributed by atoms with Gasteiger partial charge < -0.3 is 10.2 Å². The zero-order chi connectivity index (χ0) is 26.2. The Bertz CT molecular complexity index is 1430. The number of aliphatic hydroxyl groups excluding tert-OH is 2. The number of aromatic nitrogens is 6. The number of halogens is 5. The van der Waals surface area contributed by atoms with Crippen molar-refractivity contribution in [2.75, 3.05) is 0 Å². The summed E-state index contributed by atoms with van der Waals surface area (Å²) < 4.78 is 56.0. The molecule has 2 atom stereocenters. The monoisotopic (exact) mass is 526 g/mol. The van der Waals surface area contributed by atoms with Crippen LogP contribution in [0, 0.1) is 5.82 Å². The second kappa shape index (κ2) is 9.84. The Morgan fingerprint density at radius 3 is 2.33 bits per heavy atom. The lowest BCUT2D eigenvalue weighted by Crippen LogP contribution is -2.37. The van der Waals surface area contributed by atoms with Gasteiger partial charge in [-0.05, 0) is 43.3 Å². The molecule has 2 N–H and O–H groups in total. The summed E-state index contributed by atoms with van der Waals surface area (Å²) in [6.45, 7) is -0.116. The summed E-state index contributed by atoms with van der Waals surface area (Å²) in [6, 6.07) is 11.5. The summed E-state index contributed by atoms with van der Waals surface area (Å²) in [4.78, 5) is 17.2. The summed E-state index contributed by atoms with van der Waals surface area (Å²) >= 11 is 5.88. The Morgan fingerprint density at radius 2 is 1.72 bits per heavy atom. The third kappa shape index (κ3) is 5.17. The lowest BCUT2D eigenvalue weighted by atomic mass is 10.2. The van der Waals surface area contributed by atoms with Gasteiger partial charge in [-0.3, -0.25) is 4.57 Å². The van der Waals surface area contributed by atoms with Crippen LogP contribution in [-0.4, -0.2) is 51.6 Å². The standard InChI is InChI=1S/C22H19ClF4N6O3/c1-12(34)19-28-18(29-33(19)16-5-3-2-4-15(16)24)11-32-21(36)31(10-17(35)22(25,26)27)20(30-32)13-6-8-14(23)9-7-13/h2-9,12,17,34-35H,10-11H2,1H3/t12?,17-/m0/s1. The maximum atomic E-state index is 14.3. The maximum absolute atomic E-state index is 14.3. The predicted molar refractivity (Wildman–Crippen MR) is 120 cm³/mol. The minimum Gasteiger partial charge on any atom is -0.385 e. The van der Waals surface area contributed by atoms with Crippen LogP contribution < -0.4 is 5.69 Å². The molecule has 0 aliphatic rings. The van der Waals surface area contributed by atoms with Gasteiger partial charge in [-0.25, -0.2) is 23.5 Å². The molecule has 4 rings (SSSR count). The lowest BCUT2D eigenvalue weighted by molar-refractivity contribution is -0.207. The zero-order valence-corrected chi connectivity index (χ0v) is 19.3. The van der Waals surface area contributed by atoms with Crippen molar-refractivity contribution in [3.63, 3.8) is 0 Å². The molecule has 0 amide bonds. The van der Waals surface area contributed by atoms with E-state index in [4.69, 9.17) is 11.6 Å². The van der Waals surface area contributed by atoms with Gasteiger partial charge in [-0.15, -0.1) is 10.2 Å². The van der Waals surface area contributed by atoms with E-state index < -0.39 is 43.0 Å². The van der Waals surface area contributed by atoms with Gasteiger partial charge in [0.25, 0.3) is 0 Å². The smallest absolute Gasteiger partial charge is 0.385 e. The second-order valence-electron chi connectivity index (χ2n) is 7.86. The van der Waals surface area contributed by atoms with Crippen LogP contribution in [0.3, 0.4) is 0 Å². The van der Waals surface area contributed by atoms with Gasteiger partial charge in [0.1, 0.15) is 24.2 Å². The van der Waals surface area contributed by atoms with E-state index in [0.717, 1.165) is 9.36 Å². The number of rotatable bonds is 7. The molecule has 0 aliphatic heterocycles. The van der Waals surface area contributed by atoms with E-state index in [1.165, 1.54) is 49.4 Å². The molecule has 0 spiro atoms. The van der Waals surface area contributed by atoms with Crippen molar-refractivity contribution in [3.05, 3.63) is 81.5 Å². The molecule has 190 valence electrons. The molecule has 36 heavy (non-hydrogen) atoms. The molecule has 0 aliphatic carbocycles. The fraction of sp³-hybridized carbons (Fsp3) is 0.273. The highest BCUT2D eigenvalue weighted by atomic mass is 35.5. The van der Waals surface area contributed by atoms with Crippen molar-refractivity contribution >= 4 is 11.6 Å². The Kier molecular flexibility index (Phi) is 6.98. The fourth-order valence-corrected chi connectivity index (χ4v) is 3.56. The first kappa shape index (κ1) is 25.5. The Morgan fingerprint density at radius 1 is 1.06 bits per heavy atom. The molecule has 0 saturated heterocycles. The third-order valence-corrected chi connectivity index (χ3v) is 5.43. The summed E-state index contributed by atoms with van der Waals surface area (Å²) in [5, 5.41) is 28.4. The van der Waals surface area contributed by atoms with E-state index in [0.29, 0.717) is 9.59 Å². The predicted octanol–water partition coefficient (Wildman–Crippen LogP) is 3.11. The van der Waals surface area contributed by atoms with E-state index in [-0.39, 0.29) is 28.7 Å². The van der Waals surface area contributed by atoms with Crippen LogP contribution >= 0.6 is 11.6 Å². The molecule has 2 heterocycles. The quantitative estimate of drug-likeness (QED) is 0.358. The molecule has 0 bridgehead atoms. The summed E-state index contributed by atoms with van der Waals surface area (Å²) in [6.07, 6.45) is -8.95. The van der Waals surface area contributed by atoms with E-state index in [1.807, 2.05) is 0 Å². The molecular weight excluding hydrogens is 508 g/mol. The average Bonchev–Trinajstić information content (AvgIpc) is 3.36. The molecule has 4 aromatic rings. The second-order valence-corrected chi connectivity index (χ2v) is 8.30. The average molecular weight is 527 g/mol. The number of benzene rings is 2. The number of hydrogen-bond donors (Lipinski definition) is 2. The highest BCUT2D eigenvalue weighted by Crippen LogP contribution is 2.24. The molecule has 0 radical (unpaired) electrons. The molecule has 9 nitrogen and oxygen atoms in total. The van der Waals surface area contributed by atoms with Crippen LogP contribution in [0.4, 0.5) is 17.6 Å². The largest absolute Gasteiger partial charge is 0.416 e. The number of para-hydroxylation sites is 1. The lowest BCUT2D eigenvalue weighted by Gasteiger charge is -2.15. The first-order valence-corrected chi connectivity index (χ1v) is 10.9. The van der Waals surface area contributed by atoms with E-state index in [2.05, 4.69) is 15.2 Å². The van der Waals surface area contributed by atoms with Crippen LogP contribution in [0.2, 0.25) is 5.02 Å². The third-order valence-electron chi connectivity index (χ3n) is 5.18. The fourth-order valence-electron chi connectivity index (χ4n) is 3.44. The first-order chi connectivity index (χ1) is 17.0. The minimum atomic E-state index is -4.97. The van der Waals surface area contributed by atoms with Crippen molar-refractivity contribution in [3.8, 4) is 17.1 Å². The van der Waals surface area contributed by atoms with Crippen molar-refractivity contribution in [1.29, 1.82) is 0 Å². The van der Waals surface area contributed by atoms with Gasteiger partial charge in [0.05, 0.1) is 6.54 Å². The van der Waals surface area contributed by atoms with Crippen molar-refractivity contribution in [1.82, 2.24) is 29.1 Å². The van der Waals surface area contributed by atoms with Gasteiger partial charge >= 0.3 is 11.9 Å². The Hall–Kier alpha value is -3.55. The van der Waals surface area contributed by atoms with Gasteiger partial charge in [-0.2, -0.15) is 13.2 Å². The Labute approximate surface area is 205 Å². The molecule has 0 saturated carbocycles. The van der Waals surface area contributed by atoms with Crippen molar-refractivity contribution in [2.45, 2.75) is 38.4 Å². The molecule has 2 aromatic carbocycles. The molecule has 14 heteroatoms. The summed E-state index contributed by atoms with van der Waals surface area (Å²) in [5.41, 5.74) is -0.691. The van der Waals surface area contributed by atoms with Gasteiger partial charge in [-0.1, -0.05) is 23.7 Å². The Balaban J connectivity index is 1.78. The van der Waals surface area contributed by atoms with Gasteiger partial charge in [0.2, 0.25) is 0 Å². The van der Waals surface area contributed by atoms with Gasteiger partial charge in [0, 0.05) is 10.6 Å². The van der Waals surface area contributed by atoms with Crippen molar-refractivity contribution in [2.24, 2.45) is 0 Å². The maximum Gasteiger partial charge on any atom is 0.416 e. The molecular formula is C22H19ClF4N6O3. The number of alkyl halides is 3. The van der Waals surface area contributed by atoms with Crippen molar-refractivity contribution < 1.29 is 27.8 Å². The molecule has 1 unspecified atom stereocenters. The topological polar surface area (TPSA) is 111 Å². The highest BCUT2D eigenvalue weighted by Gasteiger charge is 2.39. The SMILES string of the molecule is CC(O)c1nc(Cn2nc(-c3ccc(Cl)cc3)n(C[C@H](O)C(F)(F)F)c2=O)nn1-c1ccccc1F. The van der Waals surface area contributed by atoms with Gasteiger partial charge in [0.15, 0.2) is 23.6 Å². The van der Waals surface area contributed by atoms with Crippen LogP contribution in [0.5, 0.6) is 0 Å². The summed E-state index contributed by atoms with van der Waals surface area (Å²) in [5.74, 6) is -0.861. The molecule has 2 aromatic heterocycles. The first-order valence-electron chi connectivity index (χ1n) is 10.5. The molecule has 0 fully saturated rings. The minimum absolute atomic E-state index is 0.000166. The van der Waals surface area contributed by atoms with Crippen LogP contribution in [0.1, 0.15) is 24.7 Å². The van der Waals surface area contributed by atoms with E-state index in [1.54, 1.807) is 6.07 Å². The van der Waals surface area contributed by atoms with Crippen LogP contribution in [0.25, 0.3) is 17.1 Å². The van der Waals surface area contributed by atoms with E-state index >= 15 is 0 Å².